The third kappa shape index (κ3) is 2.34. The molecule has 122 valence electrons. The quantitative estimate of drug-likeness (QED) is 0.666. The maximum atomic E-state index is 11.3. The lowest BCUT2D eigenvalue weighted by atomic mass is 10.00. The minimum atomic E-state index is -2.20. The van der Waals surface area contributed by atoms with Gasteiger partial charge in [0.15, 0.2) is 22.1 Å². The van der Waals surface area contributed by atoms with Gasteiger partial charge in [0, 0.05) is 41.7 Å². The summed E-state index contributed by atoms with van der Waals surface area (Å²) < 4.78 is 20.6. The highest BCUT2D eigenvalue weighted by Gasteiger charge is 2.33. The Morgan fingerprint density at radius 1 is 1.50 bits per heavy atom. The predicted octanol–water partition coefficient (Wildman–Crippen LogP) is 0.762. The standard InChI is InChI=1S/C14H13N7O2S/c15-5-11(24(22)23)21-4-2-8(7-21)13-12-9-1-3-16-14(9)20-18-10(12)6-17-19-13/h1,3,6,8,11,19H,2,4,7H2,(H,22,23). The van der Waals surface area contributed by atoms with E-state index in [0.29, 0.717) is 24.3 Å². The van der Waals surface area contributed by atoms with Crippen molar-refractivity contribution in [2.75, 3.05) is 13.1 Å². The van der Waals surface area contributed by atoms with Crippen LogP contribution < -0.4 is 0 Å². The maximum Gasteiger partial charge on any atom is 0.200 e. The van der Waals surface area contributed by atoms with Crippen molar-refractivity contribution in [3.8, 4) is 6.07 Å². The van der Waals surface area contributed by atoms with Gasteiger partial charge in [-0.25, -0.2) is 9.19 Å². The Kier molecular flexibility index (Phi) is 3.68. The van der Waals surface area contributed by atoms with Gasteiger partial charge in [-0.2, -0.15) is 10.4 Å². The molecule has 3 aromatic heterocycles. The van der Waals surface area contributed by atoms with Crippen molar-refractivity contribution in [1.29, 1.82) is 5.26 Å². The molecular formula is C14H13N7O2S. The lowest BCUT2D eigenvalue weighted by molar-refractivity contribution is 0.335. The van der Waals surface area contributed by atoms with Crippen molar-refractivity contribution in [1.82, 2.24) is 30.3 Å². The smallest absolute Gasteiger partial charge is 0.200 e. The second kappa shape index (κ2) is 5.86. The van der Waals surface area contributed by atoms with Crippen LogP contribution in [0.15, 0.2) is 18.5 Å². The molecule has 0 aromatic carbocycles. The topological polar surface area (TPSA) is 132 Å². The van der Waals surface area contributed by atoms with Gasteiger partial charge in [-0.15, -0.1) is 10.2 Å². The van der Waals surface area contributed by atoms with E-state index in [0.717, 1.165) is 22.9 Å². The van der Waals surface area contributed by atoms with E-state index in [-0.39, 0.29) is 5.92 Å². The number of fused-ring (bicyclic) bond motifs is 3. The number of aromatic amines is 1. The van der Waals surface area contributed by atoms with Crippen LogP contribution in [0.2, 0.25) is 0 Å². The number of hydrogen-bond donors (Lipinski definition) is 2. The van der Waals surface area contributed by atoms with E-state index in [1.165, 1.54) is 0 Å². The maximum absolute atomic E-state index is 11.3. The van der Waals surface area contributed by atoms with Crippen LogP contribution in [-0.4, -0.2) is 57.5 Å². The molecule has 1 aliphatic heterocycles. The summed E-state index contributed by atoms with van der Waals surface area (Å²) in [7, 11) is 0. The molecule has 10 heteroatoms. The van der Waals surface area contributed by atoms with E-state index in [2.05, 4.69) is 25.4 Å². The molecule has 0 bridgehead atoms. The third-order valence-electron chi connectivity index (χ3n) is 4.36. The van der Waals surface area contributed by atoms with Crippen molar-refractivity contribution in [3.05, 3.63) is 24.2 Å². The molecule has 0 saturated carbocycles. The van der Waals surface area contributed by atoms with E-state index in [1.54, 1.807) is 17.3 Å². The number of nitriles is 1. The lowest BCUT2D eigenvalue weighted by Crippen LogP contribution is -2.35. The number of hydrogen-bond acceptors (Lipinski definition) is 7. The van der Waals surface area contributed by atoms with Gasteiger partial charge in [-0.05, 0) is 12.5 Å². The molecule has 3 aromatic rings. The first-order chi connectivity index (χ1) is 11.7. The summed E-state index contributed by atoms with van der Waals surface area (Å²) in [6.45, 7) is 1.07. The summed E-state index contributed by atoms with van der Waals surface area (Å²) in [6, 6.07) is 3.78. The summed E-state index contributed by atoms with van der Waals surface area (Å²) in [4.78, 5) is 5.91. The molecule has 1 saturated heterocycles. The summed E-state index contributed by atoms with van der Waals surface area (Å²) in [5.74, 6) is 0.0582. The Balaban J connectivity index is 1.77. The van der Waals surface area contributed by atoms with Gasteiger partial charge in [-0.1, -0.05) is 0 Å². The molecule has 4 heterocycles. The minimum absolute atomic E-state index is 0.0582. The Labute approximate surface area is 139 Å². The van der Waals surface area contributed by atoms with Gasteiger partial charge in [0.1, 0.15) is 5.52 Å². The first-order valence-electron chi connectivity index (χ1n) is 7.36. The zero-order chi connectivity index (χ0) is 16.7. The Morgan fingerprint density at radius 2 is 2.38 bits per heavy atom. The van der Waals surface area contributed by atoms with E-state index >= 15 is 0 Å². The SMILES string of the molecule is N#CC(N1CCC(c2[nH]ncc3nnc4nccc4c23)C1)S(=O)O. The van der Waals surface area contributed by atoms with E-state index in [9.17, 15) is 8.76 Å². The van der Waals surface area contributed by atoms with Crippen molar-refractivity contribution in [2.45, 2.75) is 17.7 Å². The number of H-pyrrole nitrogens is 1. The van der Waals surface area contributed by atoms with E-state index < -0.39 is 16.5 Å². The van der Waals surface area contributed by atoms with Gasteiger partial charge in [-0.3, -0.25) is 10.00 Å². The van der Waals surface area contributed by atoms with Crippen LogP contribution in [0.5, 0.6) is 0 Å². The minimum Gasteiger partial charge on any atom is -0.304 e. The Bertz CT molecular complexity index is 982. The second-order valence-electron chi connectivity index (χ2n) is 5.66. The summed E-state index contributed by atoms with van der Waals surface area (Å²) in [6.07, 6.45) is 4.06. The summed E-state index contributed by atoms with van der Waals surface area (Å²) >= 11 is -2.20. The highest BCUT2D eigenvalue weighted by molar-refractivity contribution is 7.80. The summed E-state index contributed by atoms with van der Waals surface area (Å²) in [5.41, 5.74) is 2.14. The molecular weight excluding hydrogens is 330 g/mol. The normalized spacial score (nSPS) is 21.1. The van der Waals surface area contributed by atoms with Gasteiger partial charge in [0.2, 0.25) is 0 Å². The molecule has 2 N–H and O–H groups in total. The average Bonchev–Trinajstić information content (AvgIpc) is 3.23. The summed E-state index contributed by atoms with van der Waals surface area (Å²) in [5, 5.41) is 25.3. The molecule has 1 fully saturated rings. The number of rotatable bonds is 3. The molecule has 3 atom stereocenters. The fourth-order valence-corrected chi connectivity index (χ4v) is 3.81. The van der Waals surface area contributed by atoms with E-state index in [4.69, 9.17) is 5.26 Å². The zero-order valence-electron chi connectivity index (χ0n) is 12.5. The van der Waals surface area contributed by atoms with Gasteiger partial charge >= 0.3 is 0 Å². The number of aromatic nitrogens is 5. The fraction of sp³-hybridized carbons (Fsp3) is 0.357. The molecule has 0 amide bonds. The monoisotopic (exact) mass is 343 g/mol. The van der Waals surface area contributed by atoms with Crippen molar-refractivity contribution in [3.63, 3.8) is 0 Å². The number of nitrogens with one attached hydrogen (secondary N) is 1. The van der Waals surface area contributed by atoms with Crippen LogP contribution in [-0.2, 0) is 11.1 Å². The van der Waals surface area contributed by atoms with Crippen LogP contribution in [0.3, 0.4) is 0 Å². The van der Waals surface area contributed by atoms with E-state index in [1.807, 2.05) is 12.1 Å². The first-order valence-corrected chi connectivity index (χ1v) is 8.53. The molecule has 9 nitrogen and oxygen atoms in total. The van der Waals surface area contributed by atoms with Crippen molar-refractivity contribution >= 4 is 33.0 Å². The lowest BCUT2D eigenvalue weighted by Gasteiger charge is -2.19. The van der Waals surface area contributed by atoms with Crippen LogP contribution in [0.25, 0.3) is 21.9 Å². The molecule has 24 heavy (non-hydrogen) atoms. The Morgan fingerprint density at radius 3 is 3.17 bits per heavy atom. The largest absolute Gasteiger partial charge is 0.304 e. The van der Waals surface area contributed by atoms with Crippen LogP contribution in [0.1, 0.15) is 18.0 Å². The Hall–Kier alpha value is -2.48. The molecule has 3 unspecified atom stereocenters. The molecule has 0 radical (unpaired) electrons. The highest BCUT2D eigenvalue weighted by Crippen LogP contribution is 2.33. The molecule has 4 rings (SSSR count). The second-order valence-corrected chi connectivity index (χ2v) is 6.66. The molecule has 0 aliphatic carbocycles. The van der Waals surface area contributed by atoms with Gasteiger partial charge in [0.05, 0.1) is 12.3 Å². The van der Waals surface area contributed by atoms with Crippen LogP contribution in [0.4, 0.5) is 0 Å². The molecule has 0 spiro atoms. The third-order valence-corrected chi connectivity index (χ3v) is 5.14. The van der Waals surface area contributed by atoms with Crippen molar-refractivity contribution in [2.24, 2.45) is 0 Å². The molecule has 1 aliphatic rings. The van der Waals surface area contributed by atoms with Crippen LogP contribution in [0, 0.1) is 11.3 Å². The highest BCUT2D eigenvalue weighted by atomic mass is 32.2. The fourth-order valence-electron chi connectivity index (χ4n) is 3.27. The van der Waals surface area contributed by atoms with Crippen molar-refractivity contribution < 1.29 is 8.76 Å². The number of nitrogens with zero attached hydrogens (tertiary/aromatic N) is 6. The number of likely N-dealkylation sites (tertiary alicyclic amines) is 1. The van der Waals surface area contributed by atoms with Gasteiger partial charge in [0.25, 0.3) is 0 Å². The first kappa shape index (κ1) is 15.1. The van der Waals surface area contributed by atoms with Crippen LogP contribution >= 0.6 is 0 Å². The average molecular weight is 343 g/mol. The van der Waals surface area contributed by atoms with Gasteiger partial charge < -0.3 is 4.55 Å². The predicted molar refractivity (Wildman–Crippen MR) is 86.1 cm³/mol. The zero-order valence-corrected chi connectivity index (χ0v) is 13.3.